The van der Waals surface area contributed by atoms with Crippen LogP contribution in [0.4, 0.5) is 18.9 Å². The average Bonchev–Trinajstić information content (AvgIpc) is 2.37. The van der Waals surface area contributed by atoms with Crippen molar-refractivity contribution in [2.45, 2.75) is 6.18 Å². The standard InChI is InChI=1S/C13H8F3N2/c14-13(15,16)11-7-3-1-5-9(11)10-6-2-4-8-12(10)18-17/h1-8H/q+1. The molecule has 5 heteroatoms. The molecule has 2 aromatic rings. The predicted octanol–water partition coefficient (Wildman–Crippen LogP) is 4.86. The Morgan fingerprint density at radius 3 is 2.00 bits per heavy atom. The van der Waals surface area contributed by atoms with Crippen molar-refractivity contribution in [2.75, 3.05) is 0 Å². The predicted molar refractivity (Wildman–Crippen MR) is 61.6 cm³/mol. The van der Waals surface area contributed by atoms with Gasteiger partial charge in [-0.3, -0.25) is 0 Å². The largest absolute Gasteiger partial charge is 0.417 e. The molecule has 0 aliphatic heterocycles. The lowest BCUT2D eigenvalue weighted by Gasteiger charge is -2.11. The Bertz CT molecular complexity index is 612. The van der Waals surface area contributed by atoms with E-state index in [9.17, 15) is 13.2 Å². The van der Waals surface area contributed by atoms with E-state index < -0.39 is 11.7 Å². The van der Waals surface area contributed by atoms with Crippen LogP contribution in [0.2, 0.25) is 0 Å². The molecule has 2 rings (SSSR count). The highest BCUT2D eigenvalue weighted by Crippen LogP contribution is 2.39. The van der Waals surface area contributed by atoms with Crippen LogP contribution < -0.4 is 0 Å². The molecule has 0 bridgehead atoms. The van der Waals surface area contributed by atoms with Gasteiger partial charge in [0.25, 0.3) is 0 Å². The lowest BCUT2D eigenvalue weighted by atomic mass is 9.98. The van der Waals surface area contributed by atoms with Gasteiger partial charge in [0.05, 0.1) is 11.1 Å². The number of hydrogen-bond acceptors (Lipinski definition) is 1. The molecule has 0 aliphatic rings. The van der Waals surface area contributed by atoms with Gasteiger partial charge in [-0.2, -0.15) is 13.2 Å². The second-order valence-electron chi connectivity index (χ2n) is 3.66. The van der Waals surface area contributed by atoms with Gasteiger partial charge in [0.2, 0.25) is 5.39 Å². The van der Waals surface area contributed by atoms with Gasteiger partial charge in [0.1, 0.15) is 0 Å². The molecule has 2 aromatic carbocycles. The third-order valence-corrected chi connectivity index (χ3v) is 2.53. The third kappa shape index (κ3) is 2.18. The van der Waals surface area contributed by atoms with Crippen LogP contribution in [0.25, 0.3) is 16.1 Å². The Morgan fingerprint density at radius 1 is 0.833 bits per heavy atom. The first-order valence-electron chi connectivity index (χ1n) is 5.15. The molecule has 2 nitrogen and oxygen atoms in total. The van der Waals surface area contributed by atoms with Crippen LogP contribution in [-0.4, -0.2) is 0 Å². The lowest BCUT2D eigenvalue weighted by Crippen LogP contribution is -2.06. The summed E-state index contributed by atoms with van der Waals surface area (Å²) in [5.41, 5.74) is -0.401. The minimum atomic E-state index is -4.45. The zero-order valence-corrected chi connectivity index (χ0v) is 9.15. The van der Waals surface area contributed by atoms with Gasteiger partial charge in [-0.05, 0) is 12.1 Å². The van der Waals surface area contributed by atoms with Gasteiger partial charge in [0.15, 0.2) is 4.98 Å². The molecule has 0 atom stereocenters. The summed E-state index contributed by atoms with van der Waals surface area (Å²) in [6.45, 7) is 0. The van der Waals surface area contributed by atoms with Crippen LogP contribution in [0.1, 0.15) is 5.56 Å². The van der Waals surface area contributed by atoms with Crippen molar-refractivity contribution >= 4 is 5.69 Å². The summed E-state index contributed by atoms with van der Waals surface area (Å²) in [7, 11) is 0. The van der Waals surface area contributed by atoms with E-state index in [1.54, 1.807) is 12.1 Å². The van der Waals surface area contributed by atoms with Crippen molar-refractivity contribution in [3.63, 3.8) is 0 Å². The van der Waals surface area contributed by atoms with Crippen LogP contribution in [0.5, 0.6) is 0 Å². The van der Waals surface area contributed by atoms with Gasteiger partial charge in [0, 0.05) is 11.6 Å². The van der Waals surface area contributed by atoms with Crippen molar-refractivity contribution in [1.29, 1.82) is 5.39 Å². The molecule has 0 spiro atoms. The van der Waals surface area contributed by atoms with E-state index in [4.69, 9.17) is 5.39 Å². The number of benzene rings is 2. The van der Waals surface area contributed by atoms with Gasteiger partial charge < -0.3 is 0 Å². The van der Waals surface area contributed by atoms with E-state index in [1.807, 2.05) is 0 Å². The average molecular weight is 249 g/mol. The van der Waals surface area contributed by atoms with Crippen molar-refractivity contribution in [3.8, 4) is 11.1 Å². The summed E-state index contributed by atoms with van der Waals surface area (Å²) in [6, 6.07) is 11.3. The van der Waals surface area contributed by atoms with Crippen LogP contribution >= 0.6 is 0 Å². The van der Waals surface area contributed by atoms with Crippen LogP contribution in [0.15, 0.2) is 48.5 Å². The molecule has 0 saturated carbocycles. The molecule has 0 aromatic heterocycles. The second kappa shape index (κ2) is 4.49. The van der Waals surface area contributed by atoms with E-state index in [1.165, 1.54) is 30.3 Å². The molecule has 0 unspecified atom stereocenters. The van der Waals surface area contributed by atoms with Crippen molar-refractivity contribution < 1.29 is 13.2 Å². The summed E-state index contributed by atoms with van der Waals surface area (Å²) in [5, 5.41) is 8.82. The Balaban J connectivity index is 2.69. The first-order chi connectivity index (χ1) is 8.54. The number of rotatable bonds is 1. The van der Waals surface area contributed by atoms with E-state index >= 15 is 0 Å². The van der Waals surface area contributed by atoms with E-state index in [2.05, 4.69) is 4.98 Å². The van der Waals surface area contributed by atoms with Crippen molar-refractivity contribution in [1.82, 2.24) is 0 Å². The van der Waals surface area contributed by atoms with Crippen LogP contribution in [0.3, 0.4) is 0 Å². The maximum Gasteiger partial charge on any atom is 0.417 e. The molecule has 0 heterocycles. The number of hydrogen-bond donors (Lipinski definition) is 0. The van der Waals surface area contributed by atoms with E-state index in [-0.39, 0.29) is 16.8 Å². The zero-order valence-electron chi connectivity index (χ0n) is 9.15. The number of diazo groups is 1. The molecule has 0 radical (unpaired) electrons. The summed E-state index contributed by atoms with van der Waals surface area (Å²) < 4.78 is 38.6. The van der Waals surface area contributed by atoms with Crippen molar-refractivity contribution in [3.05, 3.63) is 59.1 Å². The normalized spacial score (nSPS) is 11.0. The van der Waals surface area contributed by atoms with E-state index in [0.717, 1.165) is 6.07 Å². The van der Waals surface area contributed by atoms with E-state index in [0.29, 0.717) is 0 Å². The number of alkyl halides is 3. The number of halogens is 3. The Morgan fingerprint density at radius 2 is 1.39 bits per heavy atom. The highest BCUT2D eigenvalue weighted by Gasteiger charge is 2.34. The molecule has 90 valence electrons. The third-order valence-electron chi connectivity index (χ3n) is 2.53. The minimum absolute atomic E-state index is 0.00148. The molecule has 0 fully saturated rings. The fraction of sp³-hybridized carbons (Fsp3) is 0.0769. The summed E-state index contributed by atoms with van der Waals surface area (Å²) in [6.07, 6.45) is -4.45. The zero-order chi connectivity index (χ0) is 13.2. The topological polar surface area (TPSA) is 28.1 Å². The van der Waals surface area contributed by atoms with Gasteiger partial charge in [-0.1, -0.05) is 30.3 Å². The molecule has 18 heavy (non-hydrogen) atoms. The second-order valence-corrected chi connectivity index (χ2v) is 3.66. The smallest absolute Gasteiger partial charge is 0.166 e. The van der Waals surface area contributed by atoms with Crippen LogP contribution in [0, 0.1) is 5.39 Å². The molecule has 0 amide bonds. The molecular weight excluding hydrogens is 241 g/mol. The maximum atomic E-state index is 12.9. The first-order valence-corrected chi connectivity index (χ1v) is 5.15. The first kappa shape index (κ1) is 12.1. The minimum Gasteiger partial charge on any atom is -0.166 e. The maximum absolute atomic E-state index is 12.9. The quantitative estimate of drug-likeness (QED) is 0.663. The molecular formula is C13H8F3N2+. The Kier molecular flexibility index (Phi) is 3.02. The summed E-state index contributed by atoms with van der Waals surface area (Å²) in [4.78, 5) is 3.00. The summed E-state index contributed by atoms with van der Waals surface area (Å²) in [5.74, 6) is 0. The van der Waals surface area contributed by atoms with Crippen LogP contribution in [-0.2, 0) is 6.18 Å². The highest BCUT2D eigenvalue weighted by molar-refractivity contribution is 5.80. The Labute approximate surface area is 101 Å². The fourth-order valence-corrected chi connectivity index (χ4v) is 1.75. The Hall–Kier alpha value is -2.35. The highest BCUT2D eigenvalue weighted by atomic mass is 19.4. The molecule has 0 saturated heterocycles. The van der Waals surface area contributed by atoms with Gasteiger partial charge in [-0.25, -0.2) is 0 Å². The lowest BCUT2D eigenvalue weighted by molar-refractivity contribution is -0.137. The SMILES string of the molecule is N#[N+]c1ccccc1-c1ccccc1C(F)(F)F. The van der Waals surface area contributed by atoms with Gasteiger partial charge in [-0.15, -0.1) is 0 Å². The van der Waals surface area contributed by atoms with Gasteiger partial charge >= 0.3 is 11.9 Å². The summed E-state index contributed by atoms with van der Waals surface area (Å²) >= 11 is 0. The van der Waals surface area contributed by atoms with Crippen molar-refractivity contribution in [2.24, 2.45) is 0 Å². The molecule has 0 aliphatic carbocycles. The molecule has 0 N–H and O–H groups in total. The fourth-order valence-electron chi connectivity index (χ4n) is 1.75. The monoisotopic (exact) mass is 249 g/mol. The number of nitrogens with zero attached hydrogens (tertiary/aromatic N) is 2.